The van der Waals surface area contributed by atoms with Crippen molar-refractivity contribution in [1.29, 1.82) is 5.41 Å². The van der Waals surface area contributed by atoms with Gasteiger partial charge < -0.3 is 19.9 Å². The van der Waals surface area contributed by atoms with Crippen LogP contribution >= 0.6 is 0 Å². The molecular formula is C3H3NO6S-2. The molecule has 0 unspecified atom stereocenters. The van der Waals surface area contributed by atoms with Crippen LogP contribution in [0.15, 0.2) is 0 Å². The first-order chi connectivity index (χ1) is 4.83. The second-order valence-electron chi connectivity index (χ2n) is 1.44. The summed E-state index contributed by atoms with van der Waals surface area (Å²) in [7, 11) is -4.93. The molecule has 7 nitrogen and oxygen atoms in total. The van der Waals surface area contributed by atoms with Gasteiger partial charge in [0.05, 0.1) is 11.7 Å². The SMILES string of the molecule is N=C(COS(=O)(=O)[O-])C(=O)[O-]. The molecule has 0 aromatic rings. The van der Waals surface area contributed by atoms with E-state index < -0.39 is 28.7 Å². The van der Waals surface area contributed by atoms with Gasteiger partial charge in [-0.1, -0.05) is 0 Å². The normalized spacial score (nSPS) is 11.0. The van der Waals surface area contributed by atoms with Gasteiger partial charge in [0.2, 0.25) is 10.4 Å². The van der Waals surface area contributed by atoms with E-state index in [4.69, 9.17) is 5.41 Å². The largest absolute Gasteiger partial charge is 0.726 e. The number of hydrogen-bond donors (Lipinski definition) is 1. The minimum atomic E-state index is -4.93. The lowest BCUT2D eigenvalue weighted by atomic mass is 10.4. The number of aliphatic carboxylic acids is 1. The zero-order valence-corrected chi connectivity index (χ0v) is 5.88. The zero-order chi connectivity index (χ0) is 9.07. The Kier molecular flexibility index (Phi) is 3.11. The Morgan fingerprint density at radius 2 is 2.00 bits per heavy atom. The average molecular weight is 181 g/mol. The number of rotatable bonds is 4. The molecule has 0 heterocycles. The topological polar surface area (TPSA) is 130 Å². The third-order valence-corrected chi connectivity index (χ3v) is 1.00. The summed E-state index contributed by atoms with van der Waals surface area (Å²) < 4.78 is 32.4. The molecule has 0 aromatic heterocycles. The van der Waals surface area contributed by atoms with Crippen molar-refractivity contribution in [1.82, 2.24) is 0 Å². The Bertz CT molecular complexity index is 266. The van der Waals surface area contributed by atoms with Crippen LogP contribution in [0.5, 0.6) is 0 Å². The van der Waals surface area contributed by atoms with Crippen LogP contribution in [0.3, 0.4) is 0 Å². The lowest BCUT2D eigenvalue weighted by Gasteiger charge is -2.08. The summed E-state index contributed by atoms with van der Waals surface area (Å²) in [5, 5.41) is 16.1. The summed E-state index contributed by atoms with van der Waals surface area (Å²) >= 11 is 0. The molecule has 0 saturated heterocycles. The molecule has 64 valence electrons. The fraction of sp³-hybridized carbons (Fsp3) is 0.333. The molecule has 1 N–H and O–H groups in total. The first kappa shape index (κ1) is 10.0. The maximum atomic E-state index is 9.70. The van der Waals surface area contributed by atoms with Gasteiger partial charge in [0.1, 0.15) is 6.61 Å². The summed E-state index contributed by atoms with van der Waals surface area (Å²) in [5.41, 5.74) is -1.11. The maximum Gasteiger partial charge on any atom is 0.218 e. The number of carboxylic acid groups (broad SMARTS) is 1. The van der Waals surface area contributed by atoms with Crippen molar-refractivity contribution in [2.24, 2.45) is 0 Å². The molecule has 0 spiro atoms. The van der Waals surface area contributed by atoms with Crippen molar-refractivity contribution in [3.05, 3.63) is 0 Å². The van der Waals surface area contributed by atoms with E-state index in [9.17, 15) is 22.9 Å². The van der Waals surface area contributed by atoms with Gasteiger partial charge >= 0.3 is 0 Å². The van der Waals surface area contributed by atoms with Crippen LogP contribution < -0.4 is 5.11 Å². The molecule has 8 heteroatoms. The molecule has 0 rings (SSSR count). The fourth-order valence-electron chi connectivity index (χ4n) is 0.190. The van der Waals surface area contributed by atoms with Gasteiger partial charge in [0.25, 0.3) is 0 Å². The van der Waals surface area contributed by atoms with E-state index in [-0.39, 0.29) is 0 Å². The summed E-state index contributed by atoms with van der Waals surface area (Å²) in [6.45, 7) is -1.10. The number of nitrogens with one attached hydrogen (secondary N) is 1. The first-order valence-corrected chi connectivity index (χ1v) is 3.55. The Morgan fingerprint density at radius 3 is 2.27 bits per heavy atom. The predicted octanol–water partition coefficient (Wildman–Crippen LogP) is -2.77. The minimum Gasteiger partial charge on any atom is -0.726 e. The monoisotopic (exact) mass is 181 g/mol. The molecule has 0 aliphatic heterocycles. The summed E-state index contributed by atoms with van der Waals surface area (Å²) in [6, 6.07) is 0. The Balaban J connectivity index is 3.92. The second kappa shape index (κ2) is 3.42. The van der Waals surface area contributed by atoms with Crippen LogP contribution in [0.25, 0.3) is 0 Å². The smallest absolute Gasteiger partial charge is 0.218 e. The van der Waals surface area contributed by atoms with Gasteiger partial charge in [0.15, 0.2) is 0 Å². The molecule has 0 atom stereocenters. The third kappa shape index (κ3) is 5.45. The lowest BCUT2D eigenvalue weighted by molar-refractivity contribution is -0.294. The quantitative estimate of drug-likeness (QED) is 0.284. The van der Waals surface area contributed by atoms with Gasteiger partial charge in [-0.15, -0.1) is 0 Å². The van der Waals surface area contributed by atoms with Crippen molar-refractivity contribution in [3.63, 3.8) is 0 Å². The molecular weight excluding hydrogens is 178 g/mol. The van der Waals surface area contributed by atoms with Gasteiger partial charge in [-0.25, -0.2) is 8.42 Å². The molecule has 0 fully saturated rings. The van der Waals surface area contributed by atoms with Gasteiger partial charge in [-0.05, 0) is 0 Å². The van der Waals surface area contributed by atoms with Crippen LogP contribution in [0, 0.1) is 5.41 Å². The fourth-order valence-corrected chi connectivity index (χ4v) is 0.452. The first-order valence-electron chi connectivity index (χ1n) is 2.22. The van der Waals surface area contributed by atoms with Crippen LogP contribution in [0.1, 0.15) is 0 Å². The molecule has 0 aromatic carbocycles. The van der Waals surface area contributed by atoms with E-state index in [0.717, 1.165) is 0 Å². The zero-order valence-electron chi connectivity index (χ0n) is 5.06. The highest BCUT2D eigenvalue weighted by atomic mass is 32.3. The van der Waals surface area contributed by atoms with Crippen molar-refractivity contribution >= 4 is 22.1 Å². The van der Waals surface area contributed by atoms with E-state index in [1.165, 1.54) is 0 Å². The van der Waals surface area contributed by atoms with Gasteiger partial charge in [-0.3, -0.25) is 4.18 Å². The lowest BCUT2D eigenvalue weighted by Crippen LogP contribution is -2.34. The maximum absolute atomic E-state index is 9.70. The second-order valence-corrected chi connectivity index (χ2v) is 2.49. The number of hydrogen-bond acceptors (Lipinski definition) is 7. The molecule has 0 radical (unpaired) electrons. The van der Waals surface area contributed by atoms with E-state index >= 15 is 0 Å². The Morgan fingerprint density at radius 1 is 1.55 bits per heavy atom. The number of carboxylic acids is 1. The van der Waals surface area contributed by atoms with E-state index in [0.29, 0.717) is 0 Å². The summed E-state index contributed by atoms with van der Waals surface area (Å²) in [5.74, 6) is -1.88. The number of carbonyl (C=O) groups excluding carboxylic acids is 1. The molecule has 0 amide bonds. The summed E-state index contributed by atoms with van der Waals surface area (Å²) in [6.07, 6.45) is 0. The summed E-state index contributed by atoms with van der Waals surface area (Å²) in [4.78, 5) is 9.70. The van der Waals surface area contributed by atoms with Gasteiger partial charge in [0, 0.05) is 0 Å². The highest BCUT2D eigenvalue weighted by molar-refractivity contribution is 7.80. The Labute approximate surface area is 62.1 Å². The van der Waals surface area contributed by atoms with E-state index in [1.807, 2.05) is 0 Å². The Hall–Kier alpha value is -0.990. The van der Waals surface area contributed by atoms with Crippen molar-refractivity contribution in [2.75, 3.05) is 6.61 Å². The van der Waals surface area contributed by atoms with Crippen LogP contribution in [-0.4, -0.2) is 31.3 Å². The molecule has 0 aliphatic rings. The molecule has 0 bridgehead atoms. The van der Waals surface area contributed by atoms with Crippen molar-refractivity contribution in [3.8, 4) is 0 Å². The predicted molar refractivity (Wildman–Crippen MR) is 28.4 cm³/mol. The highest BCUT2D eigenvalue weighted by Crippen LogP contribution is 1.85. The minimum absolute atomic E-state index is 1.10. The molecule has 0 saturated carbocycles. The third-order valence-electron chi connectivity index (χ3n) is 0.594. The number of carbonyl (C=O) groups is 1. The van der Waals surface area contributed by atoms with E-state index in [1.54, 1.807) is 0 Å². The molecule has 11 heavy (non-hydrogen) atoms. The van der Waals surface area contributed by atoms with E-state index in [2.05, 4.69) is 4.18 Å². The van der Waals surface area contributed by atoms with Crippen LogP contribution in [0.4, 0.5) is 0 Å². The van der Waals surface area contributed by atoms with Crippen LogP contribution in [-0.2, 0) is 19.4 Å². The van der Waals surface area contributed by atoms with Crippen molar-refractivity contribution in [2.45, 2.75) is 0 Å². The van der Waals surface area contributed by atoms with Crippen LogP contribution in [0.2, 0.25) is 0 Å². The van der Waals surface area contributed by atoms with Gasteiger partial charge in [-0.2, -0.15) is 0 Å². The average Bonchev–Trinajstić information content (AvgIpc) is 1.80. The standard InChI is InChI=1S/C3H5NO6S/c4-2(3(5)6)1-10-11(7,8)9/h4H,1H2,(H,5,6)(H,7,8,9)/p-2. The molecule has 0 aliphatic carbocycles. The highest BCUT2D eigenvalue weighted by Gasteiger charge is 2.00. The van der Waals surface area contributed by atoms with Crippen molar-refractivity contribution < 1.29 is 27.1 Å².